The lowest BCUT2D eigenvalue weighted by Gasteiger charge is -2.34. The number of hydrogen-bond donors (Lipinski definition) is 2. The van der Waals surface area contributed by atoms with Crippen molar-refractivity contribution in [2.24, 2.45) is 5.92 Å². The molecular formula is C23H30FN3O2S. The topological polar surface area (TPSA) is 61.4 Å². The van der Waals surface area contributed by atoms with E-state index in [4.69, 9.17) is 0 Å². The SMILES string of the molecule is CCC(CC)C(=O)N1CCC(NC(=O)NC(c2ccc(F)cc2)c2cccs2)CC1. The first-order valence-electron chi connectivity index (χ1n) is 10.7. The Hall–Kier alpha value is -2.41. The van der Waals surface area contributed by atoms with Gasteiger partial charge in [0.25, 0.3) is 0 Å². The Balaban J connectivity index is 1.56. The van der Waals surface area contributed by atoms with Crippen LogP contribution in [0.2, 0.25) is 0 Å². The van der Waals surface area contributed by atoms with Crippen LogP contribution in [0.1, 0.15) is 56.0 Å². The van der Waals surface area contributed by atoms with Gasteiger partial charge >= 0.3 is 6.03 Å². The summed E-state index contributed by atoms with van der Waals surface area (Å²) in [5.41, 5.74) is 0.833. The number of rotatable bonds is 7. The minimum atomic E-state index is -0.331. The molecule has 1 aromatic carbocycles. The van der Waals surface area contributed by atoms with E-state index in [9.17, 15) is 14.0 Å². The summed E-state index contributed by atoms with van der Waals surface area (Å²) in [4.78, 5) is 28.2. The minimum Gasteiger partial charge on any atom is -0.342 e. The van der Waals surface area contributed by atoms with Crippen LogP contribution in [0, 0.1) is 11.7 Å². The number of carbonyl (C=O) groups is 2. The lowest BCUT2D eigenvalue weighted by Crippen LogP contribution is -2.50. The molecule has 3 rings (SSSR count). The minimum absolute atomic E-state index is 0.0351. The lowest BCUT2D eigenvalue weighted by atomic mass is 9.98. The number of urea groups is 1. The highest BCUT2D eigenvalue weighted by Crippen LogP contribution is 2.26. The zero-order valence-corrected chi connectivity index (χ0v) is 18.4. The van der Waals surface area contributed by atoms with E-state index in [1.165, 1.54) is 12.1 Å². The van der Waals surface area contributed by atoms with Gasteiger partial charge in [0.05, 0.1) is 6.04 Å². The third-order valence-corrected chi connectivity index (χ3v) is 6.72. The number of nitrogens with zero attached hydrogens (tertiary/aromatic N) is 1. The Morgan fingerprint density at radius 1 is 1.13 bits per heavy atom. The number of thiophene rings is 1. The maximum Gasteiger partial charge on any atom is 0.315 e. The fourth-order valence-electron chi connectivity index (χ4n) is 3.93. The molecule has 0 aliphatic carbocycles. The van der Waals surface area contributed by atoms with E-state index in [2.05, 4.69) is 24.5 Å². The van der Waals surface area contributed by atoms with Gasteiger partial charge in [-0.15, -0.1) is 11.3 Å². The molecule has 2 aromatic rings. The fourth-order valence-corrected chi connectivity index (χ4v) is 4.73. The van der Waals surface area contributed by atoms with Crippen molar-refractivity contribution >= 4 is 23.3 Å². The van der Waals surface area contributed by atoms with Crippen molar-refractivity contribution in [1.82, 2.24) is 15.5 Å². The largest absolute Gasteiger partial charge is 0.342 e. The number of piperidine rings is 1. The Morgan fingerprint density at radius 2 is 1.80 bits per heavy atom. The molecular weight excluding hydrogens is 401 g/mol. The third kappa shape index (κ3) is 5.59. The summed E-state index contributed by atoms with van der Waals surface area (Å²) in [6, 6.07) is 9.55. The summed E-state index contributed by atoms with van der Waals surface area (Å²) in [5, 5.41) is 8.04. The molecule has 1 aliphatic heterocycles. The summed E-state index contributed by atoms with van der Waals surface area (Å²) >= 11 is 1.55. The van der Waals surface area contributed by atoms with Crippen molar-refractivity contribution in [2.45, 2.75) is 51.6 Å². The molecule has 162 valence electrons. The van der Waals surface area contributed by atoms with Crippen LogP contribution < -0.4 is 10.6 Å². The molecule has 1 unspecified atom stereocenters. The highest BCUT2D eigenvalue weighted by atomic mass is 32.1. The second-order valence-corrected chi connectivity index (χ2v) is 8.71. The fraction of sp³-hybridized carbons (Fsp3) is 0.478. The first kappa shape index (κ1) is 22.3. The van der Waals surface area contributed by atoms with Crippen LogP contribution in [0.15, 0.2) is 41.8 Å². The predicted octanol–water partition coefficient (Wildman–Crippen LogP) is 4.70. The molecule has 1 atom stereocenters. The average Bonchev–Trinajstić information content (AvgIpc) is 3.29. The number of carbonyl (C=O) groups excluding carboxylic acids is 2. The van der Waals surface area contributed by atoms with Crippen LogP contribution in [0.4, 0.5) is 9.18 Å². The first-order chi connectivity index (χ1) is 14.5. The molecule has 30 heavy (non-hydrogen) atoms. The Kier molecular flexibility index (Phi) is 7.85. The number of nitrogens with one attached hydrogen (secondary N) is 2. The highest BCUT2D eigenvalue weighted by molar-refractivity contribution is 7.10. The van der Waals surface area contributed by atoms with Gasteiger partial charge in [0.1, 0.15) is 5.82 Å². The van der Waals surface area contributed by atoms with Crippen molar-refractivity contribution in [3.63, 3.8) is 0 Å². The zero-order chi connectivity index (χ0) is 21.5. The Morgan fingerprint density at radius 3 is 2.37 bits per heavy atom. The van der Waals surface area contributed by atoms with E-state index in [1.54, 1.807) is 23.5 Å². The Labute approximate surface area is 181 Å². The third-order valence-electron chi connectivity index (χ3n) is 5.78. The number of benzene rings is 1. The van der Waals surface area contributed by atoms with Crippen LogP contribution >= 0.6 is 11.3 Å². The van der Waals surface area contributed by atoms with E-state index in [0.717, 1.165) is 36.1 Å². The van der Waals surface area contributed by atoms with Gasteiger partial charge in [-0.25, -0.2) is 9.18 Å². The molecule has 1 aromatic heterocycles. The molecule has 1 saturated heterocycles. The van der Waals surface area contributed by atoms with Crippen molar-refractivity contribution in [3.05, 3.63) is 58.0 Å². The number of hydrogen-bond acceptors (Lipinski definition) is 3. The lowest BCUT2D eigenvalue weighted by molar-refractivity contribution is -0.136. The van der Waals surface area contributed by atoms with E-state index in [0.29, 0.717) is 13.1 Å². The van der Waals surface area contributed by atoms with Gasteiger partial charge < -0.3 is 15.5 Å². The highest BCUT2D eigenvalue weighted by Gasteiger charge is 2.28. The maximum atomic E-state index is 13.3. The quantitative estimate of drug-likeness (QED) is 0.667. The van der Waals surface area contributed by atoms with Crippen LogP contribution in [-0.2, 0) is 4.79 Å². The van der Waals surface area contributed by atoms with Crippen LogP contribution in [0.5, 0.6) is 0 Å². The maximum absolute atomic E-state index is 13.3. The van der Waals surface area contributed by atoms with E-state index in [-0.39, 0.29) is 35.8 Å². The Bertz CT molecular complexity index is 813. The summed E-state index contributed by atoms with van der Waals surface area (Å²) in [7, 11) is 0. The predicted molar refractivity (Wildman–Crippen MR) is 118 cm³/mol. The summed E-state index contributed by atoms with van der Waals surface area (Å²) < 4.78 is 13.3. The second-order valence-electron chi connectivity index (χ2n) is 7.73. The first-order valence-corrected chi connectivity index (χ1v) is 11.5. The van der Waals surface area contributed by atoms with Gasteiger partial charge in [0, 0.05) is 29.9 Å². The summed E-state index contributed by atoms with van der Waals surface area (Å²) in [6.45, 7) is 5.45. The smallest absolute Gasteiger partial charge is 0.315 e. The van der Waals surface area contributed by atoms with Gasteiger partial charge in [-0.05, 0) is 54.8 Å². The molecule has 1 fully saturated rings. The van der Waals surface area contributed by atoms with E-state index < -0.39 is 0 Å². The second kappa shape index (κ2) is 10.6. The van der Waals surface area contributed by atoms with Gasteiger partial charge in [0.2, 0.25) is 5.91 Å². The number of amides is 3. The normalized spacial score (nSPS) is 15.8. The molecule has 7 heteroatoms. The van der Waals surface area contributed by atoms with Gasteiger partial charge in [-0.1, -0.05) is 32.0 Å². The average molecular weight is 432 g/mol. The standard InChI is InChI=1S/C23H30FN3O2S/c1-3-16(4-2)22(28)27-13-11-19(12-14-27)25-23(29)26-21(20-6-5-15-30-20)17-7-9-18(24)10-8-17/h5-10,15-16,19,21H,3-4,11-14H2,1-2H3,(H2,25,26,29). The van der Waals surface area contributed by atoms with Crippen LogP contribution in [-0.4, -0.2) is 36.0 Å². The van der Waals surface area contributed by atoms with E-state index >= 15 is 0 Å². The molecule has 0 bridgehead atoms. The molecule has 0 spiro atoms. The zero-order valence-electron chi connectivity index (χ0n) is 17.6. The van der Waals surface area contributed by atoms with Gasteiger partial charge in [-0.2, -0.15) is 0 Å². The van der Waals surface area contributed by atoms with Crippen LogP contribution in [0.25, 0.3) is 0 Å². The van der Waals surface area contributed by atoms with Crippen LogP contribution in [0.3, 0.4) is 0 Å². The van der Waals surface area contributed by atoms with E-state index in [1.807, 2.05) is 22.4 Å². The van der Waals surface area contributed by atoms with Gasteiger partial charge in [0.15, 0.2) is 0 Å². The summed E-state index contributed by atoms with van der Waals surface area (Å²) in [6.07, 6.45) is 3.23. The van der Waals surface area contributed by atoms with Crippen molar-refractivity contribution < 1.29 is 14.0 Å². The summed E-state index contributed by atoms with van der Waals surface area (Å²) in [5.74, 6) is 0.0277. The molecule has 1 aliphatic rings. The van der Waals surface area contributed by atoms with Crippen molar-refractivity contribution in [3.8, 4) is 0 Å². The molecule has 2 heterocycles. The van der Waals surface area contributed by atoms with Gasteiger partial charge in [-0.3, -0.25) is 4.79 Å². The van der Waals surface area contributed by atoms with Crippen molar-refractivity contribution in [2.75, 3.05) is 13.1 Å². The number of halogens is 1. The molecule has 0 radical (unpaired) electrons. The van der Waals surface area contributed by atoms with Crippen molar-refractivity contribution in [1.29, 1.82) is 0 Å². The number of likely N-dealkylation sites (tertiary alicyclic amines) is 1. The molecule has 3 amide bonds. The molecule has 0 saturated carbocycles. The molecule has 5 nitrogen and oxygen atoms in total. The monoisotopic (exact) mass is 431 g/mol. The molecule has 2 N–H and O–H groups in total.